The normalized spacial score (nSPS) is 11.7. The molecule has 0 heterocycles. The molecule has 0 fully saturated rings. The van der Waals surface area contributed by atoms with Crippen LogP contribution in [0.5, 0.6) is 11.5 Å². The maximum atomic E-state index is 11.7. The van der Waals surface area contributed by atoms with Crippen molar-refractivity contribution in [3.8, 4) is 11.5 Å². The van der Waals surface area contributed by atoms with Gasteiger partial charge in [0, 0.05) is 12.5 Å². The molecule has 0 N–H and O–H groups in total. The Morgan fingerprint density at radius 3 is 1.39 bits per heavy atom. The van der Waals surface area contributed by atoms with E-state index in [2.05, 4.69) is 0 Å². The molecule has 0 aliphatic heterocycles. The summed E-state index contributed by atoms with van der Waals surface area (Å²) in [6, 6.07) is 12.3. The van der Waals surface area contributed by atoms with Gasteiger partial charge in [0.1, 0.15) is 21.3 Å². The van der Waals surface area contributed by atoms with Gasteiger partial charge in [-0.15, -0.1) is 0 Å². The van der Waals surface area contributed by atoms with Crippen molar-refractivity contribution < 1.29 is 26.1 Å². The van der Waals surface area contributed by atoms with E-state index in [0.29, 0.717) is 0 Å². The smallest absolute Gasteiger partial charge is 0.527 e. The van der Waals surface area contributed by atoms with E-state index >= 15 is 0 Å². The molecule has 0 bridgehead atoms. The van der Waals surface area contributed by atoms with Crippen LogP contribution in [0, 0.1) is 0 Å². The van der Waals surface area contributed by atoms with Gasteiger partial charge >= 0.3 is 7.69 Å². The second kappa shape index (κ2) is 6.63. The zero-order chi connectivity index (χ0) is 17.1. The Bertz CT molecular complexity index is 831. The molecule has 2 rings (SSSR count). The lowest BCUT2D eigenvalue weighted by molar-refractivity contribution is 0.444. The van der Waals surface area contributed by atoms with Gasteiger partial charge in [-0.2, -0.15) is 0 Å². The van der Waals surface area contributed by atoms with E-state index in [1.165, 1.54) is 24.3 Å². The van der Waals surface area contributed by atoms with Gasteiger partial charge in [-0.3, -0.25) is 0 Å². The SMILES string of the molecule is CS(=O)(=O)c1ccccc1OBOc1ccccc1S(C)(=O)=O. The molecule has 6 nitrogen and oxygen atoms in total. The highest BCUT2D eigenvalue weighted by Crippen LogP contribution is 2.25. The Hall–Kier alpha value is -2.00. The highest BCUT2D eigenvalue weighted by molar-refractivity contribution is 7.91. The Labute approximate surface area is 136 Å². The third-order valence-corrected chi connectivity index (χ3v) is 5.20. The molecule has 0 spiro atoms. The molecule has 0 radical (unpaired) electrons. The summed E-state index contributed by atoms with van der Waals surface area (Å²) in [4.78, 5) is 0.0833. The number of benzene rings is 2. The highest BCUT2D eigenvalue weighted by Gasteiger charge is 2.16. The minimum absolute atomic E-state index is 0.0417. The van der Waals surface area contributed by atoms with Crippen LogP contribution in [-0.2, 0) is 19.7 Å². The maximum Gasteiger partial charge on any atom is 0.576 e. The Morgan fingerprint density at radius 1 is 0.696 bits per heavy atom. The molecule has 9 heteroatoms. The van der Waals surface area contributed by atoms with Gasteiger partial charge in [-0.25, -0.2) is 16.8 Å². The molecule has 0 amide bonds. The van der Waals surface area contributed by atoms with Crippen LogP contribution >= 0.6 is 0 Å². The standard InChI is InChI=1S/C14H15BO6S2/c1-22(16,17)13-9-5-3-7-11(13)20-15-21-12-8-4-6-10-14(12)23(2,18)19/h3-10,15H,1-2H3. The van der Waals surface area contributed by atoms with Crippen LogP contribution in [0.2, 0.25) is 0 Å². The Morgan fingerprint density at radius 2 is 1.04 bits per heavy atom. The van der Waals surface area contributed by atoms with Crippen molar-refractivity contribution in [2.75, 3.05) is 12.5 Å². The summed E-state index contributed by atoms with van der Waals surface area (Å²) in [5.41, 5.74) is 0. The first-order chi connectivity index (χ1) is 10.7. The van der Waals surface area contributed by atoms with Gasteiger partial charge in [0.25, 0.3) is 0 Å². The molecule has 2 aromatic carbocycles. The molecule has 0 aliphatic rings. The maximum absolute atomic E-state index is 11.7. The fraction of sp³-hybridized carbons (Fsp3) is 0.143. The average molecular weight is 354 g/mol. The number of para-hydroxylation sites is 2. The predicted molar refractivity (Wildman–Crippen MR) is 87.5 cm³/mol. The monoisotopic (exact) mass is 354 g/mol. The fourth-order valence-corrected chi connectivity index (χ4v) is 3.54. The number of sulfone groups is 2. The van der Waals surface area contributed by atoms with Crippen molar-refractivity contribution in [2.24, 2.45) is 0 Å². The van der Waals surface area contributed by atoms with Gasteiger partial charge in [-0.1, -0.05) is 24.3 Å². The minimum Gasteiger partial charge on any atom is -0.527 e. The molecule has 0 aliphatic carbocycles. The van der Waals surface area contributed by atoms with Crippen LogP contribution in [-0.4, -0.2) is 37.0 Å². The average Bonchev–Trinajstić information content (AvgIpc) is 2.46. The van der Waals surface area contributed by atoms with Crippen molar-refractivity contribution in [3.63, 3.8) is 0 Å². The van der Waals surface area contributed by atoms with Crippen molar-refractivity contribution in [3.05, 3.63) is 48.5 Å². The third kappa shape index (κ3) is 4.49. The van der Waals surface area contributed by atoms with Crippen molar-refractivity contribution in [1.82, 2.24) is 0 Å². The quantitative estimate of drug-likeness (QED) is 0.725. The van der Waals surface area contributed by atoms with Gasteiger partial charge in [-0.05, 0) is 24.3 Å². The number of hydrogen-bond acceptors (Lipinski definition) is 6. The molecule has 122 valence electrons. The summed E-state index contributed by atoms with van der Waals surface area (Å²) in [5, 5.41) is 0. The molecule has 0 saturated heterocycles. The minimum atomic E-state index is -3.44. The fourth-order valence-electron chi connectivity index (χ4n) is 1.91. The van der Waals surface area contributed by atoms with Crippen LogP contribution in [0.4, 0.5) is 0 Å². The van der Waals surface area contributed by atoms with E-state index in [4.69, 9.17) is 9.31 Å². The second-order valence-electron chi connectivity index (χ2n) is 4.84. The lowest BCUT2D eigenvalue weighted by Gasteiger charge is -2.12. The first-order valence-electron chi connectivity index (χ1n) is 6.53. The molecule has 23 heavy (non-hydrogen) atoms. The van der Waals surface area contributed by atoms with E-state index in [-0.39, 0.29) is 29.0 Å². The first-order valence-corrected chi connectivity index (χ1v) is 10.3. The van der Waals surface area contributed by atoms with Gasteiger partial charge in [0.2, 0.25) is 0 Å². The zero-order valence-electron chi connectivity index (χ0n) is 12.6. The van der Waals surface area contributed by atoms with Crippen LogP contribution in [0.25, 0.3) is 0 Å². The summed E-state index contributed by atoms with van der Waals surface area (Å²) >= 11 is 0. The Kier molecular flexibility index (Phi) is 5.01. The summed E-state index contributed by atoms with van der Waals surface area (Å²) in [7, 11) is -7.19. The van der Waals surface area contributed by atoms with E-state index in [1.807, 2.05) is 0 Å². The number of rotatable bonds is 6. The molecule has 2 aromatic rings. The highest BCUT2D eigenvalue weighted by atomic mass is 32.2. The molecule has 0 aromatic heterocycles. The first kappa shape index (κ1) is 17.4. The lowest BCUT2D eigenvalue weighted by Crippen LogP contribution is -2.14. The van der Waals surface area contributed by atoms with Crippen LogP contribution in [0.1, 0.15) is 0 Å². The second-order valence-corrected chi connectivity index (χ2v) is 8.81. The van der Waals surface area contributed by atoms with E-state index in [0.717, 1.165) is 12.5 Å². The van der Waals surface area contributed by atoms with E-state index in [1.54, 1.807) is 24.3 Å². The van der Waals surface area contributed by atoms with Crippen molar-refractivity contribution in [1.29, 1.82) is 0 Å². The van der Waals surface area contributed by atoms with Gasteiger partial charge < -0.3 is 9.31 Å². The molecule has 0 atom stereocenters. The molecule has 0 saturated carbocycles. The molecular formula is C14H15BO6S2. The van der Waals surface area contributed by atoms with Crippen molar-refractivity contribution in [2.45, 2.75) is 9.79 Å². The summed E-state index contributed by atoms with van der Waals surface area (Å²) in [5.74, 6) is 0.290. The van der Waals surface area contributed by atoms with Crippen LogP contribution in [0.15, 0.2) is 58.3 Å². The summed E-state index contributed by atoms with van der Waals surface area (Å²) < 4.78 is 57.4. The zero-order valence-corrected chi connectivity index (χ0v) is 14.2. The Balaban J connectivity index is 2.17. The lowest BCUT2D eigenvalue weighted by atomic mass is 10.3. The molecule has 0 unspecified atom stereocenters. The van der Waals surface area contributed by atoms with Gasteiger partial charge in [0.05, 0.1) is 0 Å². The van der Waals surface area contributed by atoms with E-state index < -0.39 is 19.7 Å². The van der Waals surface area contributed by atoms with Crippen LogP contribution < -0.4 is 9.31 Å². The number of hydrogen-bond donors (Lipinski definition) is 0. The molecular weight excluding hydrogens is 339 g/mol. The summed E-state index contributed by atoms with van der Waals surface area (Å²) in [6.07, 6.45) is 2.16. The summed E-state index contributed by atoms with van der Waals surface area (Å²) in [6.45, 7) is 0. The van der Waals surface area contributed by atoms with Crippen molar-refractivity contribution >= 4 is 27.4 Å². The van der Waals surface area contributed by atoms with Crippen LogP contribution in [0.3, 0.4) is 0 Å². The van der Waals surface area contributed by atoms with Gasteiger partial charge in [0.15, 0.2) is 19.7 Å². The largest absolute Gasteiger partial charge is 0.576 e. The van der Waals surface area contributed by atoms with E-state index in [9.17, 15) is 16.8 Å². The third-order valence-electron chi connectivity index (χ3n) is 2.93. The predicted octanol–water partition coefficient (Wildman–Crippen LogP) is 1.22. The topological polar surface area (TPSA) is 86.7 Å².